The molecule has 2 heterocycles. The van der Waals surface area contributed by atoms with Crippen LogP contribution in [0.4, 0.5) is 4.79 Å². The minimum absolute atomic E-state index is 0.0547. The van der Waals surface area contributed by atoms with Crippen molar-refractivity contribution < 1.29 is 32.4 Å². The third-order valence-corrected chi connectivity index (χ3v) is 12.4. The van der Waals surface area contributed by atoms with Crippen molar-refractivity contribution >= 4 is 39.6 Å². The van der Waals surface area contributed by atoms with Crippen molar-refractivity contribution in [2.75, 3.05) is 31.9 Å². The second-order valence-corrected chi connectivity index (χ2v) is 18.8. The number of urea groups is 1. The van der Waals surface area contributed by atoms with E-state index < -0.39 is 74.6 Å². The number of carbonyl (C=O) groups excluding carboxylic acids is 5. The zero-order valence-corrected chi connectivity index (χ0v) is 31.8. The number of Topliss-reactive ketones (excluding diaryl/α,β-unsaturated/α-hetero) is 1. The number of nitrogens with zero attached hydrogens (tertiary/aromatic N) is 2. The summed E-state index contributed by atoms with van der Waals surface area (Å²) in [6.07, 6.45) is 4.47. The SMILES string of the molecule is C=CCNC(=O)C(=O)C(CCCC)NC(=O)[C@@H]1[C@@H]2[C@H](CN1C(=O)[C@@H](NC(=O)N[C@H](CN1CCCCS1(=O)=O)C(C)(C)C)C(C)(C)C)C2(C)C. The van der Waals surface area contributed by atoms with Gasteiger partial charge in [-0.1, -0.05) is 81.2 Å². The van der Waals surface area contributed by atoms with Crippen molar-refractivity contribution in [2.24, 2.45) is 28.1 Å². The molecule has 0 aromatic carbocycles. The number of carbonyl (C=O) groups is 5. The van der Waals surface area contributed by atoms with Gasteiger partial charge in [-0.25, -0.2) is 13.2 Å². The standard InChI is InChI=1S/C35H60N6O7S/c1-11-13-16-23(27(42)30(44)36-17-12-2)37-29(43)26-25-22(35(25,9)10)20-41(26)31(45)28(34(6,7)8)39-32(46)38-24(33(3,4)5)21-40-18-14-15-19-49(40,47)48/h12,22-26,28H,2,11,13-21H2,1,3-10H3,(H,36,44)(H,37,43)(H2,38,39,46)/t22-,23?,24+,25-,26-,28+/m0/s1. The van der Waals surface area contributed by atoms with E-state index in [1.807, 2.05) is 48.5 Å². The van der Waals surface area contributed by atoms with Crippen LogP contribution in [0.25, 0.3) is 0 Å². The molecule has 4 N–H and O–H groups in total. The van der Waals surface area contributed by atoms with E-state index in [0.29, 0.717) is 25.9 Å². The highest BCUT2D eigenvalue weighted by molar-refractivity contribution is 7.89. The van der Waals surface area contributed by atoms with Crippen molar-refractivity contribution in [2.45, 2.75) is 119 Å². The molecule has 0 spiro atoms. The van der Waals surface area contributed by atoms with E-state index in [0.717, 1.165) is 12.8 Å². The molecule has 0 aromatic rings. The van der Waals surface area contributed by atoms with E-state index in [-0.39, 0.29) is 42.5 Å². The number of piperidine rings is 1. The van der Waals surface area contributed by atoms with Crippen LogP contribution in [0, 0.1) is 28.1 Å². The lowest BCUT2D eigenvalue weighted by atomic mass is 9.85. The van der Waals surface area contributed by atoms with Crippen molar-refractivity contribution in [1.82, 2.24) is 30.5 Å². The number of amides is 5. The lowest BCUT2D eigenvalue weighted by molar-refractivity contribution is -0.145. The molecule has 0 radical (unpaired) electrons. The molecule has 2 aliphatic heterocycles. The molecule has 3 aliphatic rings. The molecule has 5 amide bonds. The first kappa shape index (κ1) is 40.4. The van der Waals surface area contributed by atoms with Crippen LogP contribution in [0.1, 0.15) is 94.4 Å². The third-order valence-electron chi connectivity index (χ3n) is 10.4. The molecule has 14 heteroatoms. The Bertz CT molecular complexity index is 1380. The van der Waals surface area contributed by atoms with Gasteiger partial charge in [-0.2, -0.15) is 4.31 Å². The van der Waals surface area contributed by atoms with Crippen LogP contribution in [0.2, 0.25) is 0 Å². The van der Waals surface area contributed by atoms with Crippen LogP contribution < -0.4 is 21.3 Å². The normalized spacial score (nSPS) is 24.8. The molecule has 13 nitrogen and oxygen atoms in total. The molecule has 2 saturated heterocycles. The average Bonchev–Trinajstić information content (AvgIpc) is 3.31. The minimum Gasteiger partial charge on any atom is -0.346 e. The summed E-state index contributed by atoms with van der Waals surface area (Å²) >= 11 is 0. The predicted molar refractivity (Wildman–Crippen MR) is 189 cm³/mol. The zero-order chi connectivity index (χ0) is 37.1. The Morgan fingerprint density at radius 2 is 1.63 bits per heavy atom. The van der Waals surface area contributed by atoms with E-state index in [2.05, 4.69) is 41.7 Å². The van der Waals surface area contributed by atoms with E-state index in [4.69, 9.17) is 0 Å². The number of likely N-dealkylation sites (tertiary alicyclic amines) is 1. The summed E-state index contributed by atoms with van der Waals surface area (Å²) in [5.74, 6) is -2.49. The Balaban J connectivity index is 1.83. The molecule has 1 unspecified atom stereocenters. The molecule has 49 heavy (non-hydrogen) atoms. The lowest BCUT2D eigenvalue weighted by Crippen LogP contribution is -2.63. The first-order valence-electron chi connectivity index (χ1n) is 17.7. The fourth-order valence-electron chi connectivity index (χ4n) is 7.09. The number of ketones is 1. The topological polar surface area (TPSA) is 174 Å². The van der Waals surface area contributed by atoms with Gasteiger partial charge in [0.1, 0.15) is 12.1 Å². The van der Waals surface area contributed by atoms with Gasteiger partial charge in [-0.05, 0) is 47.3 Å². The first-order chi connectivity index (χ1) is 22.6. The highest BCUT2D eigenvalue weighted by atomic mass is 32.2. The molecule has 0 bridgehead atoms. The van der Waals surface area contributed by atoms with Gasteiger partial charge in [-0.15, -0.1) is 6.58 Å². The fourth-order valence-corrected chi connectivity index (χ4v) is 8.70. The van der Waals surface area contributed by atoms with Crippen molar-refractivity contribution in [3.05, 3.63) is 12.7 Å². The highest BCUT2D eigenvalue weighted by Gasteiger charge is 2.70. The monoisotopic (exact) mass is 708 g/mol. The van der Waals surface area contributed by atoms with Crippen LogP contribution >= 0.6 is 0 Å². The van der Waals surface area contributed by atoms with Crippen LogP contribution in [-0.2, 0) is 29.2 Å². The maximum atomic E-state index is 14.4. The van der Waals surface area contributed by atoms with Crippen LogP contribution in [0.5, 0.6) is 0 Å². The van der Waals surface area contributed by atoms with Crippen molar-refractivity contribution in [3.8, 4) is 0 Å². The van der Waals surface area contributed by atoms with Crippen molar-refractivity contribution in [1.29, 1.82) is 0 Å². The van der Waals surface area contributed by atoms with Gasteiger partial charge in [0.25, 0.3) is 5.91 Å². The number of unbranched alkanes of at least 4 members (excludes halogenated alkanes) is 1. The summed E-state index contributed by atoms with van der Waals surface area (Å²) in [4.78, 5) is 69.2. The van der Waals surface area contributed by atoms with E-state index in [1.165, 1.54) is 15.3 Å². The molecule has 6 atom stereocenters. The molecular formula is C35H60N6O7S. The quantitative estimate of drug-likeness (QED) is 0.159. The van der Waals surface area contributed by atoms with Gasteiger partial charge in [0.05, 0.1) is 11.8 Å². The number of hydrogen-bond donors (Lipinski definition) is 4. The summed E-state index contributed by atoms with van der Waals surface area (Å²) in [5, 5.41) is 11.1. The Morgan fingerprint density at radius 1 is 0.980 bits per heavy atom. The van der Waals surface area contributed by atoms with Gasteiger partial charge in [0.15, 0.2) is 0 Å². The van der Waals surface area contributed by atoms with Gasteiger partial charge in [-0.3, -0.25) is 19.2 Å². The van der Waals surface area contributed by atoms with Gasteiger partial charge in [0, 0.05) is 32.2 Å². The molecule has 1 saturated carbocycles. The summed E-state index contributed by atoms with van der Waals surface area (Å²) in [5.41, 5.74) is -1.46. The fraction of sp³-hybridized carbons (Fsp3) is 0.800. The number of sulfonamides is 1. The summed E-state index contributed by atoms with van der Waals surface area (Å²) in [7, 11) is -3.42. The van der Waals surface area contributed by atoms with Crippen LogP contribution in [0.3, 0.4) is 0 Å². The molecule has 278 valence electrons. The maximum Gasteiger partial charge on any atom is 0.315 e. The number of hydrogen-bond acceptors (Lipinski definition) is 7. The van der Waals surface area contributed by atoms with E-state index in [1.54, 1.807) is 0 Å². The highest BCUT2D eigenvalue weighted by Crippen LogP contribution is 2.65. The molecule has 3 fully saturated rings. The second kappa shape index (κ2) is 15.5. The second-order valence-electron chi connectivity index (χ2n) is 16.7. The smallest absolute Gasteiger partial charge is 0.315 e. The van der Waals surface area contributed by atoms with E-state index in [9.17, 15) is 32.4 Å². The number of nitrogens with one attached hydrogen (secondary N) is 4. The Hall–Kier alpha value is -3.00. The van der Waals surface area contributed by atoms with Gasteiger partial charge >= 0.3 is 6.03 Å². The lowest BCUT2D eigenvalue weighted by Gasteiger charge is -2.39. The number of fused-ring (bicyclic) bond motifs is 1. The Morgan fingerprint density at radius 3 is 2.18 bits per heavy atom. The number of rotatable bonds is 14. The molecule has 3 rings (SSSR count). The maximum absolute atomic E-state index is 14.4. The van der Waals surface area contributed by atoms with Crippen molar-refractivity contribution in [3.63, 3.8) is 0 Å². The van der Waals surface area contributed by atoms with Gasteiger partial charge in [0.2, 0.25) is 27.6 Å². The minimum atomic E-state index is -3.42. The summed E-state index contributed by atoms with van der Waals surface area (Å²) in [6.45, 7) is 21.8. The Kier molecular flexibility index (Phi) is 12.8. The Labute approximate surface area is 293 Å². The van der Waals surface area contributed by atoms with E-state index >= 15 is 0 Å². The van der Waals surface area contributed by atoms with Gasteiger partial charge < -0.3 is 26.2 Å². The largest absolute Gasteiger partial charge is 0.346 e. The zero-order valence-electron chi connectivity index (χ0n) is 31.0. The van der Waals surface area contributed by atoms with Crippen LogP contribution in [-0.4, -0.2) is 103 Å². The third kappa shape index (κ3) is 9.62. The summed E-state index contributed by atoms with van der Waals surface area (Å²) < 4.78 is 26.9. The van der Waals surface area contributed by atoms with Crippen LogP contribution in [0.15, 0.2) is 12.7 Å². The molecule has 0 aromatic heterocycles. The molecular weight excluding hydrogens is 648 g/mol. The molecule has 1 aliphatic carbocycles. The predicted octanol–water partition coefficient (Wildman–Crippen LogP) is 2.57. The first-order valence-corrected chi connectivity index (χ1v) is 19.3. The summed E-state index contributed by atoms with van der Waals surface area (Å²) in [6, 6.07) is -4.11. The average molecular weight is 709 g/mol.